The predicted molar refractivity (Wildman–Crippen MR) is 113 cm³/mol. The molecule has 2 aromatic carbocycles. The molecule has 0 spiro atoms. The van der Waals surface area contributed by atoms with Crippen molar-refractivity contribution >= 4 is 17.6 Å². The summed E-state index contributed by atoms with van der Waals surface area (Å²) in [5.41, 5.74) is 2.52. The summed E-state index contributed by atoms with van der Waals surface area (Å²) in [4.78, 5) is 13.8. The quantitative estimate of drug-likeness (QED) is 0.471. The number of esters is 1. The first-order valence-electron chi connectivity index (χ1n) is 9.23. The lowest BCUT2D eigenvalue weighted by Gasteiger charge is -2.20. The van der Waals surface area contributed by atoms with Crippen LogP contribution in [0.15, 0.2) is 53.1 Å². The van der Waals surface area contributed by atoms with Gasteiger partial charge in [-0.2, -0.15) is 0 Å². The number of carbonyl (C=O) groups excluding carboxylic acids is 1. The third kappa shape index (κ3) is 5.75. The average Bonchev–Trinajstić information content (AvgIpc) is 3.22. The van der Waals surface area contributed by atoms with Gasteiger partial charge in [0.15, 0.2) is 5.76 Å². The summed E-state index contributed by atoms with van der Waals surface area (Å²) in [6.45, 7) is 0.919. The van der Waals surface area contributed by atoms with E-state index >= 15 is 0 Å². The van der Waals surface area contributed by atoms with Gasteiger partial charge in [0.25, 0.3) is 0 Å². The van der Waals surface area contributed by atoms with Crippen LogP contribution in [0, 0.1) is 0 Å². The largest absolute Gasteiger partial charge is 0.497 e. The van der Waals surface area contributed by atoms with Crippen LogP contribution in [0.5, 0.6) is 11.5 Å². The number of aromatic nitrogens is 1. The summed E-state index contributed by atoms with van der Waals surface area (Å²) in [5.74, 6) is 1.63. The second-order valence-corrected chi connectivity index (χ2v) is 7.06. The fourth-order valence-electron chi connectivity index (χ4n) is 3.00. The first-order valence-corrected chi connectivity index (χ1v) is 9.61. The first-order chi connectivity index (χ1) is 14.5. The first kappa shape index (κ1) is 21.7. The zero-order chi connectivity index (χ0) is 21.5. The number of hydrogen-bond acceptors (Lipinski definition) is 7. The molecule has 1 heterocycles. The van der Waals surface area contributed by atoms with Gasteiger partial charge in [0.05, 0.1) is 34.4 Å². The standard InChI is InChI=1S/C22H23ClN2O5/c1-27-18-8-15(9-19(10-18)28-2)12-25(14-22(26)29-3)13-20-11-21(24-30-20)16-4-6-17(23)7-5-16/h4-11H,12-14H2,1-3H3. The van der Waals surface area contributed by atoms with Crippen molar-refractivity contribution in [3.8, 4) is 22.8 Å². The lowest BCUT2D eigenvalue weighted by atomic mass is 10.1. The summed E-state index contributed by atoms with van der Waals surface area (Å²) >= 11 is 5.94. The minimum Gasteiger partial charge on any atom is -0.497 e. The minimum absolute atomic E-state index is 0.0903. The highest BCUT2D eigenvalue weighted by atomic mass is 35.5. The molecule has 3 rings (SSSR count). The molecule has 30 heavy (non-hydrogen) atoms. The van der Waals surface area contributed by atoms with E-state index in [-0.39, 0.29) is 12.5 Å². The monoisotopic (exact) mass is 430 g/mol. The molecule has 0 fully saturated rings. The molecule has 7 nitrogen and oxygen atoms in total. The Hall–Kier alpha value is -3.03. The topological polar surface area (TPSA) is 74.0 Å². The van der Waals surface area contributed by atoms with Crippen LogP contribution in [0.4, 0.5) is 0 Å². The summed E-state index contributed by atoms with van der Waals surface area (Å²) in [5, 5.41) is 4.78. The van der Waals surface area contributed by atoms with E-state index in [2.05, 4.69) is 5.16 Å². The van der Waals surface area contributed by atoms with Crippen molar-refractivity contribution in [1.29, 1.82) is 0 Å². The highest BCUT2D eigenvalue weighted by molar-refractivity contribution is 6.30. The summed E-state index contributed by atoms with van der Waals surface area (Å²) < 4.78 is 21.0. The Morgan fingerprint density at radius 1 is 1.00 bits per heavy atom. The number of benzene rings is 2. The molecule has 0 bridgehead atoms. The molecular weight excluding hydrogens is 408 g/mol. The van der Waals surface area contributed by atoms with Gasteiger partial charge in [0.1, 0.15) is 17.2 Å². The van der Waals surface area contributed by atoms with Crippen LogP contribution in [0.1, 0.15) is 11.3 Å². The van der Waals surface area contributed by atoms with Crippen LogP contribution >= 0.6 is 11.6 Å². The minimum atomic E-state index is -0.345. The zero-order valence-corrected chi connectivity index (χ0v) is 17.8. The number of ether oxygens (including phenoxy) is 3. The number of hydrogen-bond donors (Lipinski definition) is 0. The van der Waals surface area contributed by atoms with E-state index in [0.717, 1.165) is 11.1 Å². The number of carbonyl (C=O) groups is 1. The van der Waals surface area contributed by atoms with E-state index in [1.165, 1.54) is 7.11 Å². The van der Waals surface area contributed by atoms with Gasteiger partial charge in [0.2, 0.25) is 0 Å². The molecule has 0 unspecified atom stereocenters. The van der Waals surface area contributed by atoms with Crippen LogP contribution in [0.2, 0.25) is 5.02 Å². The molecule has 0 amide bonds. The summed E-state index contributed by atoms with van der Waals surface area (Å²) in [6.07, 6.45) is 0. The Kier molecular flexibility index (Phi) is 7.32. The molecular formula is C22H23ClN2O5. The van der Waals surface area contributed by atoms with Crippen LogP contribution in [-0.4, -0.2) is 43.9 Å². The summed E-state index contributed by atoms with van der Waals surface area (Å²) in [7, 11) is 4.55. The third-order valence-corrected chi connectivity index (χ3v) is 4.73. The van der Waals surface area contributed by atoms with Gasteiger partial charge in [0, 0.05) is 29.3 Å². The highest BCUT2D eigenvalue weighted by Gasteiger charge is 2.17. The SMILES string of the molecule is COC(=O)CN(Cc1cc(OC)cc(OC)c1)Cc1cc(-c2ccc(Cl)cc2)no1. The van der Waals surface area contributed by atoms with Crippen molar-refractivity contribution in [2.75, 3.05) is 27.9 Å². The van der Waals surface area contributed by atoms with E-state index in [0.29, 0.717) is 41.1 Å². The fourth-order valence-corrected chi connectivity index (χ4v) is 3.12. The molecule has 0 saturated heterocycles. The van der Waals surface area contributed by atoms with Crippen molar-refractivity contribution < 1.29 is 23.5 Å². The number of halogens is 1. The Bertz CT molecular complexity index is 965. The molecule has 0 radical (unpaired) electrons. The molecule has 0 aliphatic rings. The fraction of sp³-hybridized carbons (Fsp3) is 0.273. The maximum Gasteiger partial charge on any atom is 0.319 e. The van der Waals surface area contributed by atoms with E-state index in [1.807, 2.05) is 35.2 Å². The van der Waals surface area contributed by atoms with Gasteiger partial charge >= 0.3 is 5.97 Å². The van der Waals surface area contributed by atoms with Crippen molar-refractivity contribution in [2.45, 2.75) is 13.1 Å². The lowest BCUT2D eigenvalue weighted by molar-refractivity contribution is -0.142. The number of rotatable bonds is 9. The van der Waals surface area contributed by atoms with Gasteiger partial charge in [-0.1, -0.05) is 28.9 Å². The lowest BCUT2D eigenvalue weighted by Crippen LogP contribution is -2.29. The van der Waals surface area contributed by atoms with E-state index in [9.17, 15) is 4.79 Å². The Balaban J connectivity index is 1.79. The van der Waals surface area contributed by atoms with E-state index in [4.69, 9.17) is 30.3 Å². The van der Waals surface area contributed by atoms with Crippen LogP contribution in [0.25, 0.3) is 11.3 Å². The average molecular weight is 431 g/mol. The Morgan fingerprint density at radius 2 is 1.67 bits per heavy atom. The molecule has 8 heteroatoms. The van der Waals surface area contributed by atoms with Crippen LogP contribution in [0.3, 0.4) is 0 Å². The maximum atomic E-state index is 11.9. The number of methoxy groups -OCH3 is 3. The molecule has 158 valence electrons. The van der Waals surface area contributed by atoms with E-state index in [1.54, 1.807) is 32.4 Å². The number of nitrogens with zero attached hydrogens (tertiary/aromatic N) is 2. The van der Waals surface area contributed by atoms with E-state index < -0.39 is 0 Å². The van der Waals surface area contributed by atoms with Gasteiger partial charge in [-0.15, -0.1) is 0 Å². The van der Waals surface area contributed by atoms with Gasteiger partial charge in [-0.3, -0.25) is 9.69 Å². The maximum absolute atomic E-state index is 11.9. The molecule has 0 atom stereocenters. The molecule has 0 N–H and O–H groups in total. The second-order valence-electron chi connectivity index (χ2n) is 6.63. The summed E-state index contributed by atoms with van der Waals surface area (Å²) in [6, 6.07) is 14.8. The van der Waals surface area contributed by atoms with Crippen molar-refractivity contribution in [1.82, 2.24) is 10.1 Å². The molecule has 1 aromatic heterocycles. The second kappa shape index (κ2) is 10.1. The van der Waals surface area contributed by atoms with Crippen LogP contribution in [-0.2, 0) is 22.6 Å². The van der Waals surface area contributed by atoms with Gasteiger partial charge in [-0.05, 0) is 29.8 Å². The van der Waals surface area contributed by atoms with Gasteiger partial charge < -0.3 is 18.7 Å². The zero-order valence-electron chi connectivity index (χ0n) is 17.1. The highest BCUT2D eigenvalue weighted by Crippen LogP contribution is 2.25. The molecule has 0 aliphatic heterocycles. The molecule has 0 aliphatic carbocycles. The molecule has 3 aromatic rings. The normalized spacial score (nSPS) is 10.8. The van der Waals surface area contributed by atoms with Crippen molar-refractivity contribution in [3.05, 3.63) is 64.9 Å². The molecule has 0 saturated carbocycles. The van der Waals surface area contributed by atoms with Crippen LogP contribution < -0.4 is 9.47 Å². The van der Waals surface area contributed by atoms with Crippen molar-refractivity contribution in [2.24, 2.45) is 0 Å². The smallest absolute Gasteiger partial charge is 0.319 e. The van der Waals surface area contributed by atoms with Gasteiger partial charge in [-0.25, -0.2) is 0 Å². The van der Waals surface area contributed by atoms with Crippen molar-refractivity contribution in [3.63, 3.8) is 0 Å². The predicted octanol–water partition coefficient (Wildman–Crippen LogP) is 4.19. The Labute approximate surface area is 180 Å². The Morgan fingerprint density at radius 3 is 2.27 bits per heavy atom. The third-order valence-electron chi connectivity index (χ3n) is 4.48.